The number of carbonyl (C=O) groups excluding carboxylic acids is 2. The van der Waals surface area contributed by atoms with Gasteiger partial charge in [0.15, 0.2) is 10.9 Å². The highest BCUT2D eigenvalue weighted by atomic mass is 35.5. The van der Waals surface area contributed by atoms with Crippen LogP contribution in [0.1, 0.15) is 35.9 Å². The Kier molecular flexibility index (Phi) is 8.91. The van der Waals surface area contributed by atoms with Crippen molar-refractivity contribution in [3.05, 3.63) is 63.9 Å². The van der Waals surface area contributed by atoms with Crippen LogP contribution in [-0.4, -0.2) is 64.6 Å². The lowest BCUT2D eigenvalue weighted by Gasteiger charge is -2.15. The molecule has 0 radical (unpaired) electrons. The number of sulfonamides is 1. The van der Waals surface area contributed by atoms with Gasteiger partial charge in [-0.1, -0.05) is 47.1 Å². The highest BCUT2D eigenvalue weighted by Gasteiger charge is 2.27. The molecular formula is C24H25Cl2N5O4S2. The van der Waals surface area contributed by atoms with Gasteiger partial charge in [-0.05, 0) is 43.2 Å². The molecule has 0 unspecified atom stereocenters. The fourth-order valence-electron chi connectivity index (χ4n) is 3.89. The zero-order valence-corrected chi connectivity index (χ0v) is 23.1. The molecule has 13 heteroatoms. The van der Waals surface area contributed by atoms with E-state index in [0.717, 1.165) is 12.8 Å². The predicted molar refractivity (Wildman–Crippen MR) is 143 cm³/mol. The van der Waals surface area contributed by atoms with E-state index in [0.29, 0.717) is 58.3 Å². The molecule has 1 aliphatic heterocycles. The van der Waals surface area contributed by atoms with E-state index in [1.165, 1.54) is 47.3 Å². The summed E-state index contributed by atoms with van der Waals surface area (Å²) in [6, 6.07) is 11.1. The van der Waals surface area contributed by atoms with E-state index in [1.54, 1.807) is 22.8 Å². The minimum atomic E-state index is -3.54. The maximum Gasteiger partial charge on any atom is 0.243 e. The summed E-state index contributed by atoms with van der Waals surface area (Å²) in [4.78, 5) is 24.4. The van der Waals surface area contributed by atoms with Gasteiger partial charge in [0.05, 0.1) is 26.4 Å². The third kappa shape index (κ3) is 6.53. The number of ketones is 1. The molecule has 0 aliphatic carbocycles. The lowest BCUT2D eigenvalue weighted by Crippen LogP contribution is -2.27. The number of nitrogens with zero attached hydrogens (tertiary/aromatic N) is 4. The number of Topliss-reactive ketones (excluding diaryl/α,β-unsaturated/α-hetero) is 1. The molecule has 0 spiro atoms. The van der Waals surface area contributed by atoms with Crippen LogP contribution in [0, 0.1) is 0 Å². The van der Waals surface area contributed by atoms with Gasteiger partial charge in [-0.15, -0.1) is 10.2 Å². The zero-order chi connectivity index (χ0) is 26.6. The smallest absolute Gasteiger partial charge is 0.243 e. The Labute approximate surface area is 229 Å². The Morgan fingerprint density at radius 1 is 1.03 bits per heavy atom. The van der Waals surface area contributed by atoms with Gasteiger partial charge in [0.25, 0.3) is 0 Å². The first-order valence-corrected chi connectivity index (χ1v) is 14.8. The van der Waals surface area contributed by atoms with Gasteiger partial charge >= 0.3 is 0 Å². The molecule has 0 atom stereocenters. The number of hydrogen-bond acceptors (Lipinski definition) is 7. The van der Waals surface area contributed by atoms with Crippen LogP contribution in [0.4, 0.5) is 0 Å². The molecular weight excluding hydrogens is 557 g/mol. The minimum absolute atomic E-state index is 0.0589. The topological polar surface area (TPSA) is 114 Å². The van der Waals surface area contributed by atoms with Gasteiger partial charge in [-0.25, -0.2) is 8.42 Å². The van der Waals surface area contributed by atoms with Crippen molar-refractivity contribution in [1.82, 2.24) is 24.4 Å². The van der Waals surface area contributed by atoms with Crippen molar-refractivity contribution in [1.29, 1.82) is 0 Å². The van der Waals surface area contributed by atoms with Crippen LogP contribution in [0.25, 0.3) is 5.69 Å². The van der Waals surface area contributed by atoms with Crippen LogP contribution < -0.4 is 5.32 Å². The molecule has 2 heterocycles. The third-order valence-electron chi connectivity index (χ3n) is 5.80. The molecule has 9 nitrogen and oxygen atoms in total. The van der Waals surface area contributed by atoms with Gasteiger partial charge in [-0.3, -0.25) is 14.2 Å². The van der Waals surface area contributed by atoms with E-state index in [2.05, 4.69) is 15.5 Å². The van der Waals surface area contributed by atoms with Crippen molar-refractivity contribution in [3.8, 4) is 5.69 Å². The summed E-state index contributed by atoms with van der Waals surface area (Å²) in [7, 11) is -3.54. The Morgan fingerprint density at radius 3 is 2.38 bits per heavy atom. The molecule has 3 aromatic rings. The largest absolute Gasteiger partial charge is 0.356 e. The Bertz CT molecular complexity index is 1400. The molecule has 1 fully saturated rings. The van der Waals surface area contributed by atoms with Gasteiger partial charge in [-0.2, -0.15) is 4.31 Å². The molecule has 0 bridgehead atoms. The number of nitrogens with one attached hydrogen (secondary N) is 1. The molecule has 1 aromatic heterocycles. The van der Waals surface area contributed by atoms with Crippen LogP contribution in [-0.2, 0) is 21.2 Å². The van der Waals surface area contributed by atoms with E-state index >= 15 is 0 Å². The zero-order valence-electron chi connectivity index (χ0n) is 20.0. The Hall–Kier alpha value is -2.44. The first-order chi connectivity index (χ1) is 17.7. The molecule has 2 aromatic carbocycles. The van der Waals surface area contributed by atoms with Crippen LogP contribution in [0.5, 0.6) is 0 Å². The standard InChI is InChI=1S/C24H25Cl2N5O4S2/c1-16(32)27-11-10-23-28-29-24(31(23)18-6-9-20(25)21(26)14-18)36-15-22(33)17-4-7-19(8-5-17)37(34,35)30-12-2-3-13-30/h4-9,14H,2-3,10-13,15H2,1H3,(H,27,32). The summed E-state index contributed by atoms with van der Waals surface area (Å²) >= 11 is 13.5. The van der Waals surface area contributed by atoms with Crippen LogP contribution in [0.2, 0.25) is 10.0 Å². The number of carbonyl (C=O) groups is 2. The van der Waals surface area contributed by atoms with Gasteiger partial charge in [0, 0.05) is 38.5 Å². The van der Waals surface area contributed by atoms with Crippen molar-refractivity contribution >= 4 is 56.7 Å². The highest BCUT2D eigenvalue weighted by molar-refractivity contribution is 7.99. The van der Waals surface area contributed by atoms with Crippen LogP contribution in [0.3, 0.4) is 0 Å². The number of hydrogen-bond donors (Lipinski definition) is 1. The Morgan fingerprint density at radius 2 is 1.73 bits per heavy atom. The number of rotatable bonds is 10. The average Bonchev–Trinajstić information content (AvgIpc) is 3.55. The van der Waals surface area contributed by atoms with Crippen molar-refractivity contribution in [3.63, 3.8) is 0 Å². The fourth-order valence-corrected chi connectivity index (χ4v) is 6.57. The molecule has 0 saturated carbocycles. The number of aromatic nitrogens is 3. The van der Waals surface area contributed by atoms with Crippen LogP contribution in [0.15, 0.2) is 52.5 Å². The molecule has 1 N–H and O–H groups in total. The second kappa shape index (κ2) is 12.0. The second-order valence-corrected chi connectivity index (χ2v) is 12.1. The summed E-state index contributed by atoms with van der Waals surface area (Å²) < 4.78 is 28.7. The molecule has 37 heavy (non-hydrogen) atoms. The summed E-state index contributed by atoms with van der Waals surface area (Å²) in [6.07, 6.45) is 2.12. The quantitative estimate of drug-likeness (QED) is 0.284. The Balaban J connectivity index is 1.50. The van der Waals surface area contributed by atoms with Crippen LogP contribution >= 0.6 is 35.0 Å². The normalized spacial score (nSPS) is 14.1. The fraction of sp³-hybridized carbons (Fsp3) is 0.333. The van der Waals surface area contributed by atoms with E-state index in [-0.39, 0.29) is 22.3 Å². The van der Waals surface area contributed by atoms with E-state index in [4.69, 9.17) is 23.2 Å². The predicted octanol–water partition coefficient (Wildman–Crippen LogP) is 4.01. The van der Waals surface area contributed by atoms with E-state index in [9.17, 15) is 18.0 Å². The molecule has 196 valence electrons. The number of halogens is 2. The van der Waals surface area contributed by atoms with Crippen molar-refractivity contribution in [2.24, 2.45) is 0 Å². The van der Waals surface area contributed by atoms with Crippen molar-refractivity contribution in [2.45, 2.75) is 36.2 Å². The first-order valence-electron chi connectivity index (χ1n) is 11.6. The maximum atomic E-state index is 12.9. The maximum absolute atomic E-state index is 12.9. The SMILES string of the molecule is CC(=O)NCCc1nnc(SCC(=O)c2ccc(S(=O)(=O)N3CCCC3)cc2)n1-c1ccc(Cl)c(Cl)c1. The summed E-state index contributed by atoms with van der Waals surface area (Å²) in [5.41, 5.74) is 1.07. The molecule has 4 rings (SSSR count). The van der Waals surface area contributed by atoms with Gasteiger partial charge in [0.1, 0.15) is 5.82 Å². The summed E-state index contributed by atoms with van der Waals surface area (Å²) in [5, 5.41) is 12.5. The lowest BCUT2D eigenvalue weighted by molar-refractivity contribution is -0.118. The van der Waals surface area contributed by atoms with E-state index in [1.807, 2.05) is 0 Å². The molecule has 1 saturated heterocycles. The first kappa shape index (κ1) is 27.6. The molecule has 1 amide bonds. The monoisotopic (exact) mass is 581 g/mol. The molecule has 1 aliphatic rings. The van der Waals surface area contributed by atoms with Gasteiger partial charge < -0.3 is 5.32 Å². The van der Waals surface area contributed by atoms with Gasteiger partial charge in [0.2, 0.25) is 15.9 Å². The lowest BCUT2D eigenvalue weighted by atomic mass is 10.1. The van der Waals surface area contributed by atoms with Crippen molar-refractivity contribution in [2.75, 3.05) is 25.4 Å². The summed E-state index contributed by atoms with van der Waals surface area (Å²) in [6.45, 7) is 2.84. The average molecular weight is 583 g/mol. The number of benzene rings is 2. The third-order valence-corrected chi connectivity index (χ3v) is 9.38. The van der Waals surface area contributed by atoms with E-state index < -0.39 is 10.0 Å². The number of amides is 1. The number of thioether (sulfide) groups is 1. The minimum Gasteiger partial charge on any atom is -0.356 e. The second-order valence-electron chi connectivity index (χ2n) is 8.41. The van der Waals surface area contributed by atoms with Crippen molar-refractivity contribution < 1.29 is 18.0 Å². The summed E-state index contributed by atoms with van der Waals surface area (Å²) in [5.74, 6) is 0.306. The highest BCUT2D eigenvalue weighted by Crippen LogP contribution is 2.29.